The van der Waals surface area contributed by atoms with Crippen LogP contribution in [0.1, 0.15) is 226 Å². The van der Waals surface area contributed by atoms with Crippen molar-refractivity contribution >= 4 is 6.16 Å². The molecular weight excluding hydrogens is 540 g/mol. The van der Waals surface area contributed by atoms with Crippen molar-refractivity contribution in [2.24, 2.45) is 5.92 Å². The van der Waals surface area contributed by atoms with Gasteiger partial charge in [-0.1, -0.05) is 200 Å². The molecule has 0 aliphatic carbocycles. The lowest BCUT2D eigenvalue weighted by atomic mass is 10.0. The zero-order valence-corrected chi connectivity index (χ0v) is 30.5. The van der Waals surface area contributed by atoms with E-state index >= 15 is 0 Å². The Bertz CT molecular complexity index is 570. The van der Waals surface area contributed by atoms with Gasteiger partial charge in [0.2, 0.25) is 0 Å². The predicted octanol–water partition coefficient (Wildman–Crippen LogP) is 14.9. The molecule has 0 N–H and O–H groups in total. The first-order valence-electron chi connectivity index (χ1n) is 20.1. The molecule has 0 radical (unpaired) electrons. The largest absolute Gasteiger partial charge is 0.508 e. The molecule has 0 aromatic rings. The normalized spacial score (nSPS) is 11.6. The van der Waals surface area contributed by atoms with Crippen LogP contribution in [-0.2, 0) is 9.47 Å². The maximum Gasteiger partial charge on any atom is 0.508 e. The Morgan fingerprint density at radius 2 is 0.727 bits per heavy atom. The highest BCUT2D eigenvalue weighted by Gasteiger charge is 2.03. The van der Waals surface area contributed by atoms with E-state index in [1.165, 1.54) is 180 Å². The molecule has 0 fully saturated rings. The van der Waals surface area contributed by atoms with Gasteiger partial charge in [0.1, 0.15) is 0 Å². The van der Waals surface area contributed by atoms with E-state index in [1.807, 2.05) is 0 Å². The minimum Gasteiger partial charge on any atom is -0.434 e. The van der Waals surface area contributed by atoms with E-state index in [-0.39, 0.29) is 0 Å². The maximum absolute atomic E-state index is 11.8. The van der Waals surface area contributed by atoms with Gasteiger partial charge in [0.25, 0.3) is 0 Å². The predicted molar refractivity (Wildman–Crippen MR) is 195 cm³/mol. The number of ether oxygens (including phenoxy) is 2. The highest BCUT2D eigenvalue weighted by Crippen LogP contribution is 2.15. The molecule has 0 rings (SSSR count). The van der Waals surface area contributed by atoms with Crippen LogP contribution in [0.5, 0.6) is 0 Å². The second kappa shape index (κ2) is 38.2. The van der Waals surface area contributed by atoms with Crippen LogP contribution in [0.15, 0.2) is 12.2 Å². The van der Waals surface area contributed by atoms with Crippen LogP contribution in [0.2, 0.25) is 0 Å². The molecule has 0 aromatic carbocycles. The minimum atomic E-state index is -0.477. The molecule has 0 bridgehead atoms. The van der Waals surface area contributed by atoms with Crippen LogP contribution < -0.4 is 0 Å². The molecular formula is C41H80O3. The Morgan fingerprint density at radius 1 is 0.432 bits per heavy atom. The van der Waals surface area contributed by atoms with E-state index in [0.29, 0.717) is 13.2 Å². The Hall–Kier alpha value is -0.990. The van der Waals surface area contributed by atoms with Crippen LogP contribution in [0.4, 0.5) is 4.79 Å². The Labute approximate surface area is 277 Å². The topological polar surface area (TPSA) is 35.5 Å². The van der Waals surface area contributed by atoms with Crippen molar-refractivity contribution in [2.75, 3.05) is 13.2 Å². The first-order valence-corrected chi connectivity index (χ1v) is 20.1. The highest BCUT2D eigenvalue weighted by molar-refractivity contribution is 5.59. The fraction of sp³-hybridized carbons (Fsp3) is 0.927. The molecule has 0 aliphatic heterocycles. The van der Waals surface area contributed by atoms with E-state index in [1.54, 1.807) is 0 Å². The molecule has 0 unspecified atom stereocenters. The van der Waals surface area contributed by atoms with Crippen molar-refractivity contribution in [1.29, 1.82) is 0 Å². The van der Waals surface area contributed by atoms with E-state index in [9.17, 15) is 4.79 Å². The summed E-state index contributed by atoms with van der Waals surface area (Å²) in [6.07, 6.45) is 46.9. The van der Waals surface area contributed by atoms with Gasteiger partial charge >= 0.3 is 6.16 Å². The average Bonchev–Trinajstić information content (AvgIpc) is 3.01. The van der Waals surface area contributed by atoms with Crippen LogP contribution >= 0.6 is 0 Å². The van der Waals surface area contributed by atoms with E-state index in [0.717, 1.165) is 31.6 Å². The molecule has 0 saturated carbocycles. The summed E-state index contributed by atoms with van der Waals surface area (Å²) in [4.78, 5) is 11.8. The Morgan fingerprint density at radius 3 is 1.07 bits per heavy atom. The van der Waals surface area contributed by atoms with Crippen molar-refractivity contribution < 1.29 is 14.3 Å². The quantitative estimate of drug-likeness (QED) is 0.0397. The van der Waals surface area contributed by atoms with Crippen molar-refractivity contribution in [3.8, 4) is 0 Å². The van der Waals surface area contributed by atoms with Crippen LogP contribution in [0.3, 0.4) is 0 Å². The lowest BCUT2D eigenvalue weighted by Gasteiger charge is -2.07. The third-order valence-corrected chi connectivity index (χ3v) is 9.02. The van der Waals surface area contributed by atoms with Gasteiger partial charge in [0.15, 0.2) is 0 Å². The number of hydrogen-bond acceptors (Lipinski definition) is 3. The zero-order chi connectivity index (χ0) is 32.0. The summed E-state index contributed by atoms with van der Waals surface area (Å²) in [5.74, 6) is 0.872. The molecule has 0 amide bonds. The number of unbranched alkanes of at least 4 members (excludes halogenated alkanes) is 28. The summed E-state index contributed by atoms with van der Waals surface area (Å²) in [5, 5.41) is 0. The summed E-state index contributed by atoms with van der Waals surface area (Å²) in [6, 6.07) is 0. The molecule has 3 heteroatoms. The molecule has 0 saturated heterocycles. The van der Waals surface area contributed by atoms with Gasteiger partial charge < -0.3 is 9.47 Å². The summed E-state index contributed by atoms with van der Waals surface area (Å²) in [5.41, 5.74) is 0. The van der Waals surface area contributed by atoms with Gasteiger partial charge in [-0.3, -0.25) is 0 Å². The van der Waals surface area contributed by atoms with E-state index in [2.05, 4.69) is 32.9 Å². The van der Waals surface area contributed by atoms with E-state index in [4.69, 9.17) is 9.47 Å². The fourth-order valence-electron chi connectivity index (χ4n) is 6.01. The second-order valence-electron chi connectivity index (χ2n) is 14.1. The molecule has 44 heavy (non-hydrogen) atoms. The fourth-order valence-corrected chi connectivity index (χ4v) is 6.01. The average molecular weight is 621 g/mol. The molecule has 0 atom stereocenters. The Kier molecular flexibility index (Phi) is 37.3. The lowest BCUT2D eigenvalue weighted by molar-refractivity contribution is 0.0529. The third-order valence-electron chi connectivity index (χ3n) is 9.02. The van der Waals surface area contributed by atoms with Gasteiger partial charge in [0.05, 0.1) is 13.2 Å². The highest BCUT2D eigenvalue weighted by atomic mass is 16.7. The van der Waals surface area contributed by atoms with Gasteiger partial charge in [-0.25, -0.2) is 4.79 Å². The SMILES string of the molecule is CCCCCCCCCC/C=C\CCCCCCCCOC(=O)OCCCCCCCCCCCCCCCCCC(C)C. The first-order chi connectivity index (χ1) is 21.7. The summed E-state index contributed by atoms with van der Waals surface area (Å²) >= 11 is 0. The minimum absolute atomic E-state index is 0.477. The third kappa shape index (κ3) is 39.0. The summed E-state index contributed by atoms with van der Waals surface area (Å²) in [6.45, 7) is 7.95. The van der Waals surface area contributed by atoms with Crippen molar-refractivity contribution in [3.63, 3.8) is 0 Å². The van der Waals surface area contributed by atoms with E-state index < -0.39 is 6.16 Å². The van der Waals surface area contributed by atoms with Gasteiger partial charge in [0, 0.05) is 0 Å². The standard InChI is InChI=1S/C41H80O3/c1-4-5-6-7-8-9-10-11-12-13-14-17-20-23-26-29-32-35-38-43-41(42)44-39-36-33-30-27-24-21-18-15-16-19-22-25-28-31-34-37-40(2)3/h13-14,40H,4-12,15-39H2,1-3H3/b14-13-. The van der Waals surface area contributed by atoms with Crippen molar-refractivity contribution in [3.05, 3.63) is 12.2 Å². The van der Waals surface area contributed by atoms with Gasteiger partial charge in [-0.2, -0.15) is 0 Å². The molecule has 0 aliphatic rings. The second-order valence-corrected chi connectivity index (χ2v) is 14.1. The number of hydrogen-bond donors (Lipinski definition) is 0. The molecule has 0 heterocycles. The smallest absolute Gasteiger partial charge is 0.434 e. The summed E-state index contributed by atoms with van der Waals surface area (Å²) in [7, 11) is 0. The summed E-state index contributed by atoms with van der Waals surface area (Å²) < 4.78 is 10.5. The molecule has 3 nitrogen and oxygen atoms in total. The first kappa shape index (κ1) is 43.0. The van der Waals surface area contributed by atoms with Crippen molar-refractivity contribution in [2.45, 2.75) is 226 Å². The Balaban J connectivity index is 3.19. The van der Waals surface area contributed by atoms with Gasteiger partial charge in [-0.15, -0.1) is 0 Å². The number of carbonyl (C=O) groups is 1. The van der Waals surface area contributed by atoms with Crippen LogP contribution in [0.25, 0.3) is 0 Å². The number of carbonyl (C=O) groups excluding carboxylic acids is 1. The van der Waals surface area contributed by atoms with Gasteiger partial charge in [-0.05, 0) is 44.4 Å². The number of allylic oxidation sites excluding steroid dienone is 2. The monoisotopic (exact) mass is 621 g/mol. The van der Waals surface area contributed by atoms with Crippen molar-refractivity contribution in [1.82, 2.24) is 0 Å². The molecule has 0 aromatic heterocycles. The maximum atomic E-state index is 11.8. The lowest BCUT2D eigenvalue weighted by Crippen LogP contribution is -2.09. The van der Waals surface area contributed by atoms with Crippen LogP contribution in [0, 0.1) is 5.92 Å². The zero-order valence-electron chi connectivity index (χ0n) is 30.5. The van der Waals surface area contributed by atoms with Crippen LogP contribution in [-0.4, -0.2) is 19.4 Å². The molecule has 0 spiro atoms. The molecule has 262 valence electrons. The number of rotatable bonds is 36.